The monoisotopic (exact) mass is 322 g/mol. The van der Waals surface area contributed by atoms with Crippen LogP contribution < -0.4 is 4.74 Å². The van der Waals surface area contributed by atoms with Crippen LogP contribution in [0, 0.1) is 5.82 Å². The number of Topliss-reactive ketones (excluding diaryl/α,β-unsaturated/α-hetero) is 1. The lowest BCUT2D eigenvalue weighted by Crippen LogP contribution is -2.70. The highest BCUT2D eigenvalue weighted by Gasteiger charge is 2.57. The molecule has 0 radical (unpaired) electrons. The van der Waals surface area contributed by atoms with Crippen LogP contribution >= 0.6 is 0 Å². The van der Waals surface area contributed by atoms with Gasteiger partial charge in [0, 0.05) is 32.2 Å². The first-order valence-corrected chi connectivity index (χ1v) is 7.91. The molecule has 0 N–H and O–H groups in total. The number of ketones is 1. The molecule has 0 unspecified atom stereocenters. The van der Waals surface area contributed by atoms with Crippen LogP contribution in [0.25, 0.3) is 0 Å². The van der Waals surface area contributed by atoms with E-state index in [1.807, 2.05) is 9.80 Å². The molecule has 23 heavy (non-hydrogen) atoms. The van der Waals surface area contributed by atoms with Crippen molar-refractivity contribution in [2.45, 2.75) is 5.85 Å². The van der Waals surface area contributed by atoms with E-state index in [9.17, 15) is 9.18 Å². The van der Waals surface area contributed by atoms with E-state index in [2.05, 4.69) is 0 Å². The molecule has 3 aliphatic rings. The maximum Gasteiger partial charge on any atom is 0.288 e. The zero-order valence-corrected chi connectivity index (χ0v) is 12.8. The van der Waals surface area contributed by atoms with Crippen LogP contribution in [-0.4, -0.2) is 74.0 Å². The first kappa shape index (κ1) is 15.0. The zero-order chi connectivity index (χ0) is 15.9. The summed E-state index contributed by atoms with van der Waals surface area (Å²) in [5, 5.41) is 0. The highest BCUT2D eigenvalue weighted by molar-refractivity contribution is 6.06. The molecule has 1 aromatic rings. The first-order chi connectivity index (χ1) is 11.2. The van der Waals surface area contributed by atoms with E-state index in [1.54, 1.807) is 0 Å². The van der Waals surface area contributed by atoms with Crippen molar-refractivity contribution in [2.75, 3.05) is 52.6 Å². The van der Waals surface area contributed by atoms with E-state index in [0.717, 1.165) is 0 Å². The second-order valence-electron chi connectivity index (χ2n) is 5.88. The molecule has 2 saturated heterocycles. The topological polar surface area (TPSA) is 51.2 Å². The van der Waals surface area contributed by atoms with Gasteiger partial charge in [0.15, 0.2) is 0 Å². The molecule has 0 bridgehead atoms. The average molecular weight is 322 g/mol. The number of ether oxygens (including phenoxy) is 3. The molecule has 7 heteroatoms. The fourth-order valence-corrected chi connectivity index (χ4v) is 3.49. The van der Waals surface area contributed by atoms with Crippen molar-refractivity contribution in [2.24, 2.45) is 0 Å². The molecule has 0 saturated carbocycles. The Kier molecular flexibility index (Phi) is 3.81. The minimum atomic E-state index is -1.20. The fourth-order valence-electron chi connectivity index (χ4n) is 3.49. The molecule has 3 aliphatic heterocycles. The Balaban J connectivity index is 1.75. The van der Waals surface area contributed by atoms with Crippen LogP contribution in [0.2, 0.25) is 0 Å². The van der Waals surface area contributed by atoms with Gasteiger partial charge in [-0.25, -0.2) is 14.2 Å². The summed E-state index contributed by atoms with van der Waals surface area (Å²) in [5.74, 6) is -1.43. The second-order valence-corrected chi connectivity index (χ2v) is 5.88. The minimum Gasteiger partial charge on any atom is -0.450 e. The highest BCUT2D eigenvalue weighted by Crippen LogP contribution is 2.40. The highest BCUT2D eigenvalue weighted by atomic mass is 19.1. The lowest BCUT2D eigenvalue weighted by molar-refractivity contribution is -0.190. The van der Waals surface area contributed by atoms with Crippen LogP contribution in [0.4, 0.5) is 4.39 Å². The summed E-state index contributed by atoms with van der Waals surface area (Å²) >= 11 is 0. The van der Waals surface area contributed by atoms with Gasteiger partial charge in [-0.2, -0.15) is 0 Å². The Hall–Kier alpha value is -1.54. The van der Waals surface area contributed by atoms with Gasteiger partial charge in [-0.05, 0) is 12.1 Å². The Bertz CT molecular complexity index is 594. The number of benzene rings is 1. The maximum absolute atomic E-state index is 13.6. The quantitative estimate of drug-likeness (QED) is 0.800. The minimum absolute atomic E-state index is 0.128. The number of hydrogen-bond donors (Lipinski definition) is 0. The summed E-state index contributed by atoms with van der Waals surface area (Å²) in [7, 11) is 0. The molecule has 0 aromatic heterocycles. The normalized spacial score (nSPS) is 25.2. The standard InChI is InChI=1S/C16H19FN2O4/c17-12-1-2-13-14(11-12)23-16(15(13)20,18-3-7-21-8-4-18)19-5-9-22-10-6-19/h1-2,11H,3-10H2. The van der Waals surface area contributed by atoms with Crippen molar-refractivity contribution in [3.63, 3.8) is 0 Å². The summed E-state index contributed by atoms with van der Waals surface area (Å²) in [5.41, 5.74) is 0.435. The van der Waals surface area contributed by atoms with Gasteiger partial charge in [-0.15, -0.1) is 0 Å². The third-order valence-corrected chi connectivity index (χ3v) is 4.62. The number of halogens is 1. The van der Waals surface area contributed by atoms with Crippen LogP contribution in [-0.2, 0) is 9.47 Å². The third kappa shape index (κ3) is 2.35. The molecule has 1 aromatic carbocycles. The fraction of sp³-hybridized carbons (Fsp3) is 0.562. The van der Waals surface area contributed by atoms with E-state index >= 15 is 0 Å². The van der Waals surface area contributed by atoms with Crippen molar-refractivity contribution in [3.8, 4) is 5.75 Å². The van der Waals surface area contributed by atoms with E-state index in [-0.39, 0.29) is 5.78 Å². The van der Waals surface area contributed by atoms with E-state index in [0.29, 0.717) is 63.9 Å². The third-order valence-electron chi connectivity index (χ3n) is 4.62. The van der Waals surface area contributed by atoms with Crippen LogP contribution in [0.15, 0.2) is 18.2 Å². The zero-order valence-electron chi connectivity index (χ0n) is 12.8. The smallest absolute Gasteiger partial charge is 0.288 e. The molecule has 0 amide bonds. The van der Waals surface area contributed by atoms with Gasteiger partial charge in [0.1, 0.15) is 11.6 Å². The van der Waals surface area contributed by atoms with E-state index in [1.165, 1.54) is 18.2 Å². The van der Waals surface area contributed by atoms with Crippen LogP contribution in [0.5, 0.6) is 5.75 Å². The number of carbonyl (C=O) groups is 1. The summed E-state index contributed by atoms with van der Waals surface area (Å²) in [6.45, 7) is 4.58. The number of carbonyl (C=O) groups excluding carboxylic acids is 1. The Morgan fingerprint density at radius 1 is 0.957 bits per heavy atom. The largest absolute Gasteiger partial charge is 0.450 e. The lowest BCUT2D eigenvalue weighted by atomic mass is 10.1. The Morgan fingerprint density at radius 3 is 2.09 bits per heavy atom. The Labute approximate surface area is 133 Å². The van der Waals surface area contributed by atoms with E-state index in [4.69, 9.17) is 14.2 Å². The predicted octanol–water partition coefficient (Wildman–Crippen LogP) is 0.719. The van der Waals surface area contributed by atoms with Gasteiger partial charge >= 0.3 is 0 Å². The molecule has 124 valence electrons. The number of nitrogens with zero attached hydrogens (tertiary/aromatic N) is 2. The van der Waals surface area contributed by atoms with Crippen LogP contribution in [0.3, 0.4) is 0 Å². The van der Waals surface area contributed by atoms with Gasteiger partial charge < -0.3 is 14.2 Å². The van der Waals surface area contributed by atoms with Crippen LogP contribution in [0.1, 0.15) is 10.4 Å². The van der Waals surface area contributed by atoms with Crippen molar-refractivity contribution < 1.29 is 23.4 Å². The second kappa shape index (κ2) is 5.83. The molecule has 0 aliphatic carbocycles. The molecule has 0 spiro atoms. The summed E-state index contributed by atoms with van der Waals surface area (Å²) in [6.07, 6.45) is 0. The SMILES string of the molecule is O=C1c2ccc(F)cc2OC1(N1CCOCC1)N1CCOCC1. The molecule has 0 atom stereocenters. The average Bonchev–Trinajstić information content (AvgIpc) is 2.89. The van der Waals surface area contributed by atoms with Crippen molar-refractivity contribution in [3.05, 3.63) is 29.6 Å². The predicted molar refractivity (Wildman–Crippen MR) is 78.9 cm³/mol. The maximum atomic E-state index is 13.6. The van der Waals surface area contributed by atoms with E-state index < -0.39 is 11.7 Å². The van der Waals surface area contributed by atoms with Gasteiger partial charge in [-0.3, -0.25) is 4.79 Å². The van der Waals surface area contributed by atoms with Crippen molar-refractivity contribution in [1.29, 1.82) is 0 Å². The molecule has 2 fully saturated rings. The van der Waals surface area contributed by atoms with Gasteiger partial charge in [0.05, 0.1) is 32.0 Å². The van der Waals surface area contributed by atoms with Gasteiger partial charge in [0.2, 0.25) is 5.78 Å². The summed E-state index contributed by atoms with van der Waals surface area (Å²) in [6, 6.07) is 4.10. The first-order valence-electron chi connectivity index (χ1n) is 7.91. The molecular formula is C16H19FN2O4. The summed E-state index contributed by atoms with van der Waals surface area (Å²) in [4.78, 5) is 17.2. The Morgan fingerprint density at radius 2 is 1.52 bits per heavy atom. The van der Waals surface area contributed by atoms with Gasteiger partial charge in [-0.1, -0.05) is 0 Å². The number of hydrogen-bond acceptors (Lipinski definition) is 6. The van der Waals surface area contributed by atoms with Gasteiger partial charge in [0.25, 0.3) is 5.85 Å². The lowest BCUT2D eigenvalue weighted by Gasteiger charge is -2.48. The number of rotatable bonds is 2. The number of morpholine rings is 2. The summed E-state index contributed by atoms with van der Waals surface area (Å²) < 4.78 is 30.5. The molecule has 6 nitrogen and oxygen atoms in total. The molecule has 4 rings (SSSR count). The molecular weight excluding hydrogens is 303 g/mol. The van der Waals surface area contributed by atoms with Crippen molar-refractivity contribution in [1.82, 2.24) is 9.80 Å². The molecule has 3 heterocycles. The van der Waals surface area contributed by atoms with Crippen molar-refractivity contribution >= 4 is 5.78 Å². The number of fused-ring (bicyclic) bond motifs is 1.